The lowest BCUT2D eigenvalue weighted by Crippen LogP contribution is -2.41. The number of carbonyl (C=O) groups is 1. The monoisotopic (exact) mass is 270 g/mol. The van der Waals surface area contributed by atoms with Gasteiger partial charge in [0, 0.05) is 25.6 Å². The van der Waals surface area contributed by atoms with Crippen LogP contribution in [0.1, 0.15) is 51.9 Å². The molecule has 2 atom stereocenters. The van der Waals surface area contributed by atoms with Crippen LogP contribution >= 0.6 is 0 Å². The minimum atomic E-state index is -0.339. The van der Waals surface area contributed by atoms with Gasteiger partial charge in [0.2, 0.25) is 5.91 Å². The lowest BCUT2D eigenvalue weighted by atomic mass is 10.1. The van der Waals surface area contributed by atoms with Crippen molar-refractivity contribution in [1.29, 1.82) is 0 Å². The third-order valence-corrected chi connectivity index (χ3v) is 3.78. The highest BCUT2D eigenvalue weighted by Gasteiger charge is 2.33. The van der Waals surface area contributed by atoms with Crippen LogP contribution in [0, 0.1) is 0 Å². The SMILES string of the molecule is CCCCCCCC(=O)N1CC(O)CC1CN(C)C. The summed E-state index contributed by atoms with van der Waals surface area (Å²) in [6.07, 6.45) is 6.88. The van der Waals surface area contributed by atoms with Crippen LogP contribution in [-0.4, -0.2) is 60.1 Å². The van der Waals surface area contributed by atoms with Crippen LogP contribution in [0.5, 0.6) is 0 Å². The van der Waals surface area contributed by atoms with Crippen LogP contribution in [0.15, 0.2) is 0 Å². The van der Waals surface area contributed by atoms with Crippen molar-refractivity contribution in [3.05, 3.63) is 0 Å². The molecular weight excluding hydrogens is 240 g/mol. The maximum absolute atomic E-state index is 12.2. The summed E-state index contributed by atoms with van der Waals surface area (Å²) in [6.45, 7) is 3.56. The second-order valence-electron chi connectivity index (χ2n) is 6.02. The quantitative estimate of drug-likeness (QED) is 0.685. The second kappa shape index (κ2) is 8.54. The van der Waals surface area contributed by atoms with E-state index in [1.165, 1.54) is 19.3 Å². The van der Waals surface area contributed by atoms with E-state index in [0.717, 1.165) is 25.8 Å². The first-order valence-electron chi connectivity index (χ1n) is 7.66. The van der Waals surface area contributed by atoms with Gasteiger partial charge in [0.1, 0.15) is 0 Å². The summed E-state index contributed by atoms with van der Waals surface area (Å²) in [7, 11) is 4.02. The lowest BCUT2D eigenvalue weighted by molar-refractivity contribution is -0.132. The zero-order valence-electron chi connectivity index (χ0n) is 12.8. The molecule has 1 N–H and O–H groups in total. The number of rotatable bonds is 8. The van der Waals surface area contributed by atoms with Crippen LogP contribution in [0.25, 0.3) is 0 Å². The summed E-state index contributed by atoms with van der Waals surface area (Å²) in [5.74, 6) is 0.222. The zero-order chi connectivity index (χ0) is 14.3. The Hall–Kier alpha value is -0.610. The third-order valence-electron chi connectivity index (χ3n) is 3.78. The van der Waals surface area contributed by atoms with Crippen molar-refractivity contribution in [2.45, 2.75) is 64.0 Å². The van der Waals surface area contributed by atoms with Gasteiger partial charge in [0.05, 0.1) is 6.10 Å². The number of amides is 1. The molecule has 1 aliphatic heterocycles. The maximum Gasteiger partial charge on any atom is 0.222 e. The van der Waals surface area contributed by atoms with E-state index in [-0.39, 0.29) is 18.1 Å². The number of aliphatic hydroxyl groups is 1. The highest BCUT2D eigenvalue weighted by atomic mass is 16.3. The van der Waals surface area contributed by atoms with Gasteiger partial charge in [-0.25, -0.2) is 0 Å². The van der Waals surface area contributed by atoms with Crippen molar-refractivity contribution < 1.29 is 9.90 Å². The van der Waals surface area contributed by atoms with E-state index in [1.807, 2.05) is 19.0 Å². The highest BCUT2D eigenvalue weighted by Crippen LogP contribution is 2.20. The number of β-amino-alcohol motifs (C(OH)–C–C–N with tert-alkyl or cyclic N) is 1. The molecule has 1 saturated heterocycles. The standard InChI is InChI=1S/C15H30N2O2/c1-4-5-6-7-8-9-15(19)17-12-14(18)10-13(17)11-16(2)3/h13-14,18H,4-12H2,1-3H3. The number of hydrogen-bond acceptors (Lipinski definition) is 3. The van der Waals surface area contributed by atoms with Gasteiger partial charge in [-0.3, -0.25) is 4.79 Å². The van der Waals surface area contributed by atoms with E-state index in [4.69, 9.17) is 0 Å². The molecule has 0 radical (unpaired) electrons. The van der Waals surface area contributed by atoms with Crippen molar-refractivity contribution in [2.75, 3.05) is 27.2 Å². The molecular formula is C15H30N2O2. The molecule has 2 unspecified atom stereocenters. The molecule has 1 amide bonds. The van der Waals surface area contributed by atoms with Crippen LogP contribution in [-0.2, 0) is 4.79 Å². The van der Waals surface area contributed by atoms with Crippen molar-refractivity contribution in [3.63, 3.8) is 0 Å². The van der Waals surface area contributed by atoms with E-state index in [2.05, 4.69) is 11.8 Å². The number of hydrogen-bond donors (Lipinski definition) is 1. The van der Waals surface area contributed by atoms with Crippen LogP contribution in [0.3, 0.4) is 0 Å². The molecule has 0 spiro atoms. The second-order valence-corrected chi connectivity index (χ2v) is 6.02. The molecule has 1 aliphatic rings. The Morgan fingerprint density at radius 1 is 1.26 bits per heavy atom. The van der Waals surface area contributed by atoms with E-state index in [1.54, 1.807) is 0 Å². The molecule has 4 heteroatoms. The molecule has 0 saturated carbocycles. The minimum Gasteiger partial charge on any atom is -0.391 e. The molecule has 0 aromatic rings. The van der Waals surface area contributed by atoms with Crippen LogP contribution < -0.4 is 0 Å². The Kier molecular flexibility index (Phi) is 7.39. The Morgan fingerprint density at radius 3 is 2.58 bits per heavy atom. The van der Waals surface area contributed by atoms with Crippen molar-refractivity contribution in [3.8, 4) is 0 Å². The first-order valence-corrected chi connectivity index (χ1v) is 7.66. The summed E-state index contributed by atoms with van der Waals surface area (Å²) in [5, 5.41) is 9.76. The number of nitrogens with zero attached hydrogens (tertiary/aromatic N) is 2. The Balaban J connectivity index is 2.32. The van der Waals surface area contributed by atoms with Gasteiger partial charge >= 0.3 is 0 Å². The minimum absolute atomic E-state index is 0.188. The van der Waals surface area contributed by atoms with Gasteiger partial charge in [-0.15, -0.1) is 0 Å². The Labute approximate surface area is 117 Å². The van der Waals surface area contributed by atoms with Crippen molar-refractivity contribution in [1.82, 2.24) is 9.80 Å². The summed E-state index contributed by atoms with van der Waals surface area (Å²) in [6, 6.07) is 0.188. The average molecular weight is 270 g/mol. The molecule has 112 valence electrons. The fourth-order valence-corrected chi connectivity index (χ4v) is 2.82. The summed E-state index contributed by atoms with van der Waals surface area (Å²) < 4.78 is 0. The Morgan fingerprint density at radius 2 is 1.95 bits per heavy atom. The van der Waals surface area contributed by atoms with Crippen LogP contribution in [0.2, 0.25) is 0 Å². The zero-order valence-corrected chi connectivity index (χ0v) is 12.8. The van der Waals surface area contributed by atoms with Gasteiger partial charge in [0.15, 0.2) is 0 Å². The van der Waals surface area contributed by atoms with E-state index < -0.39 is 0 Å². The van der Waals surface area contributed by atoms with Gasteiger partial charge in [-0.05, 0) is 26.9 Å². The maximum atomic E-state index is 12.2. The summed E-state index contributed by atoms with van der Waals surface area (Å²) in [5.41, 5.74) is 0. The topological polar surface area (TPSA) is 43.8 Å². The van der Waals surface area contributed by atoms with Gasteiger partial charge in [0.25, 0.3) is 0 Å². The fourth-order valence-electron chi connectivity index (χ4n) is 2.82. The predicted molar refractivity (Wildman–Crippen MR) is 78.1 cm³/mol. The number of likely N-dealkylation sites (N-methyl/N-ethyl adjacent to an activating group) is 1. The number of likely N-dealkylation sites (tertiary alicyclic amines) is 1. The van der Waals surface area contributed by atoms with E-state index >= 15 is 0 Å². The average Bonchev–Trinajstić information content (AvgIpc) is 2.69. The highest BCUT2D eigenvalue weighted by molar-refractivity contribution is 5.76. The molecule has 4 nitrogen and oxygen atoms in total. The molecule has 0 bridgehead atoms. The molecule has 0 aromatic heterocycles. The fraction of sp³-hybridized carbons (Fsp3) is 0.933. The van der Waals surface area contributed by atoms with Gasteiger partial charge in [-0.2, -0.15) is 0 Å². The molecule has 1 rings (SSSR count). The van der Waals surface area contributed by atoms with E-state index in [0.29, 0.717) is 13.0 Å². The molecule has 0 aliphatic carbocycles. The molecule has 1 fully saturated rings. The normalized spacial score (nSPS) is 23.3. The first-order chi connectivity index (χ1) is 9.04. The number of carbonyl (C=O) groups excluding carboxylic acids is 1. The van der Waals surface area contributed by atoms with Crippen LogP contribution in [0.4, 0.5) is 0 Å². The molecule has 19 heavy (non-hydrogen) atoms. The smallest absolute Gasteiger partial charge is 0.222 e. The van der Waals surface area contributed by atoms with Gasteiger partial charge in [-0.1, -0.05) is 32.6 Å². The van der Waals surface area contributed by atoms with Crippen molar-refractivity contribution >= 4 is 5.91 Å². The predicted octanol–water partition coefficient (Wildman–Crippen LogP) is 1.87. The number of aliphatic hydroxyl groups excluding tert-OH is 1. The third kappa shape index (κ3) is 5.91. The lowest BCUT2D eigenvalue weighted by Gasteiger charge is -2.26. The molecule has 0 aromatic carbocycles. The number of unbranched alkanes of at least 4 members (excludes halogenated alkanes) is 4. The van der Waals surface area contributed by atoms with Gasteiger partial charge < -0.3 is 14.9 Å². The molecule has 1 heterocycles. The van der Waals surface area contributed by atoms with Crippen molar-refractivity contribution in [2.24, 2.45) is 0 Å². The summed E-state index contributed by atoms with van der Waals surface area (Å²) >= 11 is 0. The summed E-state index contributed by atoms with van der Waals surface area (Å²) in [4.78, 5) is 16.2. The Bertz CT molecular complexity index is 269. The first kappa shape index (κ1) is 16.4. The van der Waals surface area contributed by atoms with E-state index in [9.17, 15) is 9.90 Å². The largest absolute Gasteiger partial charge is 0.391 e.